The molecule has 0 amide bonds. The molecule has 17 heavy (non-hydrogen) atoms. The molecule has 1 atom stereocenters. The maximum Gasteiger partial charge on any atom is 0.0584 e. The Labute approximate surface area is 102 Å². The zero-order chi connectivity index (χ0) is 12.1. The van der Waals surface area contributed by atoms with Crippen LogP contribution < -0.4 is 5.73 Å². The average Bonchev–Trinajstić information content (AvgIpc) is 2.78. The molecular formula is C13H21N3O. The van der Waals surface area contributed by atoms with Gasteiger partial charge in [0.25, 0.3) is 0 Å². The molecule has 1 aromatic heterocycles. The van der Waals surface area contributed by atoms with Gasteiger partial charge in [0, 0.05) is 32.4 Å². The molecule has 1 aliphatic rings. The van der Waals surface area contributed by atoms with Crippen LogP contribution in [0.5, 0.6) is 0 Å². The fourth-order valence-electron chi connectivity index (χ4n) is 2.51. The van der Waals surface area contributed by atoms with Crippen molar-refractivity contribution in [3.8, 4) is 0 Å². The standard InChI is InChI=1S/C13H21N3O/c14-8-13-12(2-1-5-15-13)10-16-6-3-11(9-16)4-7-17/h1-2,5,11,17H,3-4,6-10,14H2. The number of nitrogens with zero attached hydrogens (tertiary/aromatic N) is 2. The molecule has 1 aromatic rings. The van der Waals surface area contributed by atoms with Gasteiger partial charge in [0.05, 0.1) is 5.69 Å². The molecule has 1 unspecified atom stereocenters. The van der Waals surface area contributed by atoms with Crippen molar-refractivity contribution in [2.75, 3.05) is 19.7 Å². The lowest BCUT2D eigenvalue weighted by atomic mass is 10.1. The topological polar surface area (TPSA) is 62.4 Å². The quantitative estimate of drug-likeness (QED) is 0.790. The van der Waals surface area contributed by atoms with Crippen molar-refractivity contribution in [2.45, 2.75) is 25.9 Å². The number of aliphatic hydroxyl groups excluding tert-OH is 1. The number of hydrogen-bond donors (Lipinski definition) is 2. The second-order valence-electron chi connectivity index (χ2n) is 4.72. The predicted octanol–water partition coefficient (Wildman–Crippen LogP) is 0.745. The highest BCUT2D eigenvalue weighted by Gasteiger charge is 2.22. The van der Waals surface area contributed by atoms with Crippen LogP contribution in [0.2, 0.25) is 0 Å². The lowest BCUT2D eigenvalue weighted by Crippen LogP contribution is -2.22. The Morgan fingerprint density at radius 2 is 2.41 bits per heavy atom. The summed E-state index contributed by atoms with van der Waals surface area (Å²) in [6, 6.07) is 4.07. The highest BCUT2D eigenvalue weighted by atomic mass is 16.3. The van der Waals surface area contributed by atoms with Crippen LogP contribution in [0.3, 0.4) is 0 Å². The van der Waals surface area contributed by atoms with Crippen molar-refractivity contribution in [1.29, 1.82) is 0 Å². The van der Waals surface area contributed by atoms with Gasteiger partial charge in [-0.05, 0) is 36.9 Å². The summed E-state index contributed by atoms with van der Waals surface area (Å²) in [5, 5.41) is 8.94. The van der Waals surface area contributed by atoms with Gasteiger partial charge in [-0.25, -0.2) is 0 Å². The molecule has 1 fully saturated rings. The van der Waals surface area contributed by atoms with Crippen LogP contribution in [-0.4, -0.2) is 34.7 Å². The maximum atomic E-state index is 8.94. The van der Waals surface area contributed by atoms with Crippen LogP contribution in [0.4, 0.5) is 0 Å². The smallest absolute Gasteiger partial charge is 0.0584 e. The monoisotopic (exact) mass is 235 g/mol. The zero-order valence-corrected chi connectivity index (χ0v) is 10.2. The minimum Gasteiger partial charge on any atom is -0.396 e. The van der Waals surface area contributed by atoms with Gasteiger partial charge in [0.1, 0.15) is 0 Å². The van der Waals surface area contributed by atoms with E-state index in [1.54, 1.807) is 6.20 Å². The van der Waals surface area contributed by atoms with Crippen molar-refractivity contribution < 1.29 is 5.11 Å². The van der Waals surface area contributed by atoms with Crippen LogP contribution in [0.25, 0.3) is 0 Å². The molecule has 0 radical (unpaired) electrons. The highest BCUT2D eigenvalue weighted by Crippen LogP contribution is 2.21. The number of aliphatic hydroxyl groups is 1. The van der Waals surface area contributed by atoms with Crippen molar-refractivity contribution in [2.24, 2.45) is 11.7 Å². The van der Waals surface area contributed by atoms with E-state index in [4.69, 9.17) is 10.8 Å². The molecule has 0 saturated carbocycles. The molecular weight excluding hydrogens is 214 g/mol. The Hall–Kier alpha value is -0.970. The van der Waals surface area contributed by atoms with E-state index < -0.39 is 0 Å². The summed E-state index contributed by atoms with van der Waals surface area (Å²) < 4.78 is 0. The Morgan fingerprint density at radius 1 is 1.53 bits per heavy atom. The SMILES string of the molecule is NCc1ncccc1CN1CCC(CCO)C1. The van der Waals surface area contributed by atoms with Crippen molar-refractivity contribution in [3.63, 3.8) is 0 Å². The van der Waals surface area contributed by atoms with E-state index in [-0.39, 0.29) is 0 Å². The molecule has 0 aliphatic carbocycles. The van der Waals surface area contributed by atoms with Crippen LogP contribution in [-0.2, 0) is 13.1 Å². The number of likely N-dealkylation sites (tertiary alicyclic amines) is 1. The number of pyridine rings is 1. The van der Waals surface area contributed by atoms with Gasteiger partial charge in [-0.2, -0.15) is 0 Å². The van der Waals surface area contributed by atoms with Crippen LogP contribution in [0.1, 0.15) is 24.1 Å². The molecule has 2 heterocycles. The van der Waals surface area contributed by atoms with Crippen LogP contribution >= 0.6 is 0 Å². The minimum absolute atomic E-state index is 0.305. The van der Waals surface area contributed by atoms with Gasteiger partial charge >= 0.3 is 0 Å². The number of hydrogen-bond acceptors (Lipinski definition) is 4. The second kappa shape index (κ2) is 6.10. The van der Waals surface area contributed by atoms with Crippen LogP contribution in [0.15, 0.2) is 18.3 Å². The average molecular weight is 235 g/mol. The maximum absolute atomic E-state index is 8.94. The lowest BCUT2D eigenvalue weighted by molar-refractivity contribution is 0.249. The summed E-state index contributed by atoms with van der Waals surface area (Å²) in [4.78, 5) is 6.73. The molecule has 4 heteroatoms. The van der Waals surface area contributed by atoms with E-state index in [1.807, 2.05) is 6.07 Å². The lowest BCUT2D eigenvalue weighted by Gasteiger charge is -2.17. The predicted molar refractivity (Wildman–Crippen MR) is 67.2 cm³/mol. The van der Waals surface area contributed by atoms with Gasteiger partial charge in [-0.1, -0.05) is 6.07 Å². The van der Waals surface area contributed by atoms with E-state index in [9.17, 15) is 0 Å². The van der Waals surface area contributed by atoms with Crippen molar-refractivity contribution in [1.82, 2.24) is 9.88 Å². The highest BCUT2D eigenvalue weighted by molar-refractivity contribution is 5.19. The Bertz CT molecular complexity index is 356. The van der Waals surface area contributed by atoms with Gasteiger partial charge in [0.15, 0.2) is 0 Å². The van der Waals surface area contributed by atoms with Gasteiger partial charge in [-0.3, -0.25) is 9.88 Å². The molecule has 3 N–H and O–H groups in total. The first-order valence-corrected chi connectivity index (χ1v) is 6.29. The van der Waals surface area contributed by atoms with Crippen molar-refractivity contribution in [3.05, 3.63) is 29.6 Å². The molecule has 4 nitrogen and oxygen atoms in total. The normalized spacial score (nSPS) is 20.9. The Morgan fingerprint density at radius 3 is 3.18 bits per heavy atom. The second-order valence-corrected chi connectivity index (χ2v) is 4.72. The molecule has 1 aliphatic heterocycles. The summed E-state index contributed by atoms with van der Waals surface area (Å²) >= 11 is 0. The summed E-state index contributed by atoms with van der Waals surface area (Å²) in [5.74, 6) is 0.651. The van der Waals surface area contributed by atoms with E-state index >= 15 is 0 Å². The summed E-state index contributed by atoms with van der Waals surface area (Å²) in [6.07, 6.45) is 3.91. The largest absolute Gasteiger partial charge is 0.396 e. The third-order valence-corrected chi connectivity index (χ3v) is 3.48. The Kier molecular flexibility index (Phi) is 4.48. The fraction of sp³-hybridized carbons (Fsp3) is 0.615. The first kappa shape index (κ1) is 12.5. The third-order valence-electron chi connectivity index (χ3n) is 3.48. The van der Waals surface area contributed by atoms with Gasteiger partial charge < -0.3 is 10.8 Å². The number of rotatable bonds is 5. The third kappa shape index (κ3) is 3.25. The first-order chi connectivity index (χ1) is 8.33. The van der Waals surface area contributed by atoms with E-state index in [2.05, 4.69) is 16.0 Å². The van der Waals surface area contributed by atoms with E-state index in [0.29, 0.717) is 19.1 Å². The molecule has 94 valence electrons. The number of nitrogens with two attached hydrogens (primary N) is 1. The zero-order valence-electron chi connectivity index (χ0n) is 10.2. The molecule has 0 aromatic carbocycles. The van der Waals surface area contributed by atoms with Crippen LogP contribution in [0, 0.1) is 5.92 Å². The fourth-order valence-corrected chi connectivity index (χ4v) is 2.51. The molecule has 1 saturated heterocycles. The van der Waals surface area contributed by atoms with Gasteiger partial charge in [0.2, 0.25) is 0 Å². The number of aromatic nitrogens is 1. The first-order valence-electron chi connectivity index (χ1n) is 6.29. The Balaban J connectivity index is 1.93. The van der Waals surface area contributed by atoms with E-state index in [1.165, 1.54) is 12.0 Å². The minimum atomic E-state index is 0.305. The molecule has 0 spiro atoms. The molecule has 2 rings (SSSR count). The summed E-state index contributed by atoms with van der Waals surface area (Å²) in [5.41, 5.74) is 7.92. The van der Waals surface area contributed by atoms with E-state index in [0.717, 1.165) is 31.7 Å². The van der Waals surface area contributed by atoms with Crippen molar-refractivity contribution >= 4 is 0 Å². The summed E-state index contributed by atoms with van der Waals surface area (Å²) in [6.45, 7) is 3.94. The van der Waals surface area contributed by atoms with Gasteiger partial charge in [-0.15, -0.1) is 0 Å². The summed E-state index contributed by atoms with van der Waals surface area (Å²) in [7, 11) is 0. The molecule has 0 bridgehead atoms.